The molecule has 0 aliphatic carbocycles. The first-order chi connectivity index (χ1) is 13.1. The van der Waals surface area contributed by atoms with Gasteiger partial charge in [-0.25, -0.2) is 4.68 Å². The van der Waals surface area contributed by atoms with Crippen LogP contribution in [0.25, 0.3) is 16.9 Å². The van der Waals surface area contributed by atoms with E-state index in [1.807, 2.05) is 36.5 Å². The maximum atomic E-state index is 10.4. The molecule has 1 aliphatic rings. The SMILES string of the molecule is CN(C)C1CCCN(c2ccc(-c3ccc(-n4cccn4)cc3O)nn2)C1. The standard InChI is InChI=1S/C20H24N6O/c1-24(2)16-5-3-11-25(14-16)20-9-8-18(22-23-20)17-7-6-15(13-19(17)27)26-12-4-10-21-26/h4,6-10,12-13,16,27H,3,5,11,14H2,1-2H3. The third-order valence-corrected chi connectivity index (χ3v) is 5.13. The van der Waals surface area contributed by atoms with Crippen LogP contribution >= 0.6 is 0 Å². The van der Waals surface area contributed by atoms with E-state index in [4.69, 9.17) is 0 Å². The van der Waals surface area contributed by atoms with Crippen LogP contribution in [0.15, 0.2) is 48.8 Å². The first kappa shape index (κ1) is 17.5. The average molecular weight is 364 g/mol. The highest BCUT2D eigenvalue weighted by Crippen LogP contribution is 2.30. The lowest BCUT2D eigenvalue weighted by Crippen LogP contribution is -2.45. The molecule has 1 N–H and O–H groups in total. The van der Waals surface area contributed by atoms with E-state index in [-0.39, 0.29) is 5.75 Å². The summed E-state index contributed by atoms with van der Waals surface area (Å²) in [6.07, 6.45) is 5.91. The Morgan fingerprint density at radius 3 is 2.70 bits per heavy atom. The Hall–Kier alpha value is -2.93. The largest absolute Gasteiger partial charge is 0.507 e. The van der Waals surface area contributed by atoms with Crippen LogP contribution in [0.1, 0.15) is 12.8 Å². The van der Waals surface area contributed by atoms with Crippen molar-refractivity contribution in [2.75, 3.05) is 32.1 Å². The van der Waals surface area contributed by atoms with E-state index in [9.17, 15) is 5.11 Å². The molecule has 3 aromatic rings. The van der Waals surface area contributed by atoms with Crippen molar-refractivity contribution in [1.82, 2.24) is 24.9 Å². The second-order valence-electron chi connectivity index (χ2n) is 7.13. The van der Waals surface area contributed by atoms with Gasteiger partial charge in [0, 0.05) is 43.2 Å². The predicted molar refractivity (Wildman–Crippen MR) is 105 cm³/mol. The summed E-state index contributed by atoms with van der Waals surface area (Å²) in [5, 5.41) is 23.4. The van der Waals surface area contributed by atoms with Gasteiger partial charge >= 0.3 is 0 Å². The number of nitrogens with zero attached hydrogens (tertiary/aromatic N) is 6. The summed E-state index contributed by atoms with van der Waals surface area (Å²) in [6.45, 7) is 1.97. The lowest BCUT2D eigenvalue weighted by atomic mass is 10.0. The number of likely N-dealkylation sites (N-methyl/N-ethyl adjacent to an activating group) is 1. The van der Waals surface area contributed by atoms with Gasteiger partial charge in [-0.2, -0.15) is 5.10 Å². The van der Waals surface area contributed by atoms with Crippen molar-refractivity contribution in [2.24, 2.45) is 0 Å². The van der Waals surface area contributed by atoms with E-state index in [2.05, 4.69) is 39.2 Å². The lowest BCUT2D eigenvalue weighted by Gasteiger charge is -2.36. The molecule has 27 heavy (non-hydrogen) atoms. The molecule has 1 aromatic carbocycles. The molecule has 0 saturated carbocycles. The van der Waals surface area contributed by atoms with Crippen LogP contribution in [0, 0.1) is 0 Å². The molecule has 1 fully saturated rings. The van der Waals surface area contributed by atoms with Gasteiger partial charge in [0.2, 0.25) is 0 Å². The normalized spacial score (nSPS) is 17.4. The zero-order chi connectivity index (χ0) is 18.8. The van der Waals surface area contributed by atoms with Gasteiger partial charge in [-0.1, -0.05) is 0 Å². The van der Waals surface area contributed by atoms with E-state index in [0.717, 1.165) is 31.0 Å². The number of rotatable bonds is 4. The Morgan fingerprint density at radius 1 is 1.15 bits per heavy atom. The molecule has 3 heterocycles. The van der Waals surface area contributed by atoms with E-state index in [1.54, 1.807) is 16.9 Å². The van der Waals surface area contributed by atoms with Crippen LogP contribution in [-0.2, 0) is 0 Å². The van der Waals surface area contributed by atoms with Gasteiger partial charge in [-0.15, -0.1) is 10.2 Å². The molecule has 1 aliphatic heterocycles. The van der Waals surface area contributed by atoms with E-state index in [1.165, 1.54) is 6.42 Å². The van der Waals surface area contributed by atoms with Gasteiger partial charge in [-0.05, 0) is 57.3 Å². The van der Waals surface area contributed by atoms with Gasteiger partial charge in [0.25, 0.3) is 0 Å². The molecule has 4 rings (SSSR count). The fourth-order valence-electron chi connectivity index (χ4n) is 3.52. The predicted octanol–water partition coefficient (Wildman–Crippen LogP) is 2.57. The van der Waals surface area contributed by atoms with Crippen LogP contribution < -0.4 is 4.90 Å². The van der Waals surface area contributed by atoms with Crippen molar-refractivity contribution < 1.29 is 5.11 Å². The first-order valence-electron chi connectivity index (χ1n) is 9.20. The number of hydrogen-bond acceptors (Lipinski definition) is 6. The average Bonchev–Trinajstić information content (AvgIpc) is 3.23. The molecule has 0 radical (unpaired) electrons. The molecule has 7 heteroatoms. The second-order valence-corrected chi connectivity index (χ2v) is 7.13. The number of piperidine rings is 1. The van der Waals surface area contributed by atoms with Crippen LogP contribution in [-0.4, -0.2) is 63.2 Å². The minimum Gasteiger partial charge on any atom is -0.507 e. The van der Waals surface area contributed by atoms with Gasteiger partial charge < -0.3 is 14.9 Å². The summed E-state index contributed by atoms with van der Waals surface area (Å²) >= 11 is 0. The molecule has 1 unspecified atom stereocenters. The van der Waals surface area contributed by atoms with Crippen molar-refractivity contribution in [3.8, 4) is 22.7 Å². The van der Waals surface area contributed by atoms with E-state index >= 15 is 0 Å². The lowest BCUT2D eigenvalue weighted by molar-refractivity contribution is 0.257. The summed E-state index contributed by atoms with van der Waals surface area (Å²) in [5.74, 6) is 1.05. The summed E-state index contributed by atoms with van der Waals surface area (Å²) in [7, 11) is 4.25. The minimum absolute atomic E-state index is 0.163. The second kappa shape index (κ2) is 7.36. The Morgan fingerprint density at radius 2 is 2.04 bits per heavy atom. The molecule has 0 bridgehead atoms. The van der Waals surface area contributed by atoms with Crippen molar-refractivity contribution in [2.45, 2.75) is 18.9 Å². The summed E-state index contributed by atoms with van der Waals surface area (Å²) in [6, 6.07) is 11.7. The molecule has 7 nitrogen and oxygen atoms in total. The molecule has 0 amide bonds. The number of phenolic OH excluding ortho intramolecular Hbond substituents is 1. The van der Waals surface area contributed by atoms with Crippen LogP contribution in [0.4, 0.5) is 5.82 Å². The fraction of sp³-hybridized carbons (Fsp3) is 0.350. The zero-order valence-electron chi connectivity index (χ0n) is 15.7. The molecule has 2 aromatic heterocycles. The monoisotopic (exact) mass is 364 g/mol. The topological polar surface area (TPSA) is 70.3 Å². The van der Waals surface area contributed by atoms with Crippen LogP contribution in [0.3, 0.4) is 0 Å². The number of anilines is 1. The summed E-state index contributed by atoms with van der Waals surface area (Å²) in [5.41, 5.74) is 2.12. The molecular formula is C20H24N6O. The molecule has 1 atom stereocenters. The number of phenols is 1. The third kappa shape index (κ3) is 3.64. The van der Waals surface area contributed by atoms with E-state index in [0.29, 0.717) is 17.3 Å². The van der Waals surface area contributed by atoms with Crippen molar-refractivity contribution in [3.63, 3.8) is 0 Å². The van der Waals surface area contributed by atoms with Crippen LogP contribution in [0.2, 0.25) is 0 Å². The van der Waals surface area contributed by atoms with Crippen molar-refractivity contribution in [3.05, 3.63) is 48.8 Å². The zero-order valence-corrected chi connectivity index (χ0v) is 15.7. The van der Waals surface area contributed by atoms with Gasteiger partial charge in [0.05, 0.1) is 11.4 Å². The number of hydrogen-bond donors (Lipinski definition) is 1. The Bertz CT molecular complexity index is 891. The highest BCUT2D eigenvalue weighted by Gasteiger charge is 2.22. The minimum atomic E-state index is 0.163. The van der Waals surface area contributed by atoms with Gasteiger partial charge in [-0.3, -0.25) is 0 Å². The van der Waals surface area contributed by atoms with Gasteiger partial charge in [0.1, 0.15) is 5.75 Å². The molecular weight excluding hydrogens is 340 g/mol. The number of benzene rings is 1. The maximum absolute atomic E-state index is 10.4. The third-order valence-electron chi connectivity index (χ3n) is 5.13. The van der Waals surface area contributed by atoms with Crippen LogP contribution in [0.5, 0.6) is 5.75 Å². The first-order valence-corrected chi connectivity index (χ1v) is 9.20. The molecule has 1 saturated heterocycles. The Labute approximate surface area is 158 Å². The fourth-order valence-corrected chi connectivity index (χ4v) is 3.52. The highest BCUT2D eigenvalue weighted by atomic mass is 16.3. The Kier molecular flexibility index (Phi) is 4.77. The molecule has 140 valence electrons. The summed E-state index contributed by atoms with van der Waals surface area (Å²) in [4.78, 5) is 4.55. The highest BCUT2D eigenvalue weighted by molar-refractivity contribution is 5.69. The quantitative estimate of drug-likeness (QED) is 0.767. The van der Waals surface area contributed by atoms with Gasteiger partial charge in [0.15, 0.2) is 5.82 Å². The molecule has 0 spiro atoms. The Balaban J connectivity index is 1.54. The number of aromatic hydroxyl groups is 1. The number of aromatic nitrogens is 4. The maximum Gasteiger partial charge on any atom is 0.151 e. The smallest absolute Gasteiger partial charge is 0.151 e. The van der Waals surface area contributed by atoms with Crippen molar-refractivity contribution in [1.29, 1.82) is 0 Å². The van der Waals surface area contributed by atoms with Crippen molar-refractivity contribution >= 4 is 5.82 Å². The van der Waals surface area contributed by atoms with E-state index < -0.39 is 0 Å². The summed E-state index contributed by atoms with van der Waals surface area (Å²) < 4.78 is 1.70.